The van der Waals surface area contributed by atoms with Crippen LogP contribution in [-0.2, 0) is 4.79 Å². The molecule has 1 N–H and O–H groups in total. The number of hydrogen-bond donors (Lipinski definition) is 1. The number of nitrogens with zero attached hydrogens (tertiary/aromatic N) is 4. The molecule has 3 aromatic rings. The molecule has 3 heterocycles. The summed E-state index contributed by atoms with van der Waals surface area (Å²) in [7, 11) is 0. The molecule has 0 saturated carbocycles. The highest BCUT2D eigenvalue weighted by Gasteiger charge is 2.34. The van der Waals surface area contributed by atoms with Crippen LogP contribution < -0.4 is 5.32 Å². The van der Waals surface area contributed by atoms with E-state index in [1.807, 2.05) is 43.3 Å². The summed E-state index contributed by atoms with van der Waals surface area (Å²) >= 11 is 6.23. The minimum atomic E-state index is -0.400. The Labute approximate surface area is 185 Å². The van der Waals surface area contributed by atoms with Crippen LogP contribution in [0.4, 0.5) is 5.82 Å². The number of aromatic nitrogens is 3. The number of anilines is 1. The van der Waals surface area contributed by atoms with Crippen LogP contribution in [0.1, 0.15) is 40.1 Å². The highest BCUT2D eigenvalue weighted by molar-refractivity contribution is 6.34. The lowest BCUT2D eigenvalue weighted by Gasteiger charge is -2.39. The minimum Gasteiger partial charge on any atom is -0.339 e. The highest BCUT2D eigenvalue weighted by atomic mass is 35.5. The lowest BCUT2D eigenvalue weighted by Crippen LogP contribution is -2.50. The highest BCUT2D eigenvalue weighted by Crippen LogP contribution is 2.27. The zero-order chi connectivity index (χ0) is 22.0. The number of aryl methyl sites for hydroxylation is 1. The van der Waals surface area contributed by atoms with Crippen molar-refractivity contribution in [3.63, 3.8) is 0 Å². The number of rotatable bonds is 3. The van der Waals surface area contributed by atoms with Crippen molar-refractivity contribution >= 4 is 29.2 Å². The topological polar surface area (TPSA) is 80.1 Å². The van der Waals surface area contributed by atoms with Gasteiger partial charge in [-0.2, -0.15) is 5.10 Å². The van der Waals surface area contributed by atoms with E-state index < -0.39 is 5.91 Å². The second-order valence-corrected chi connectivity index (χ2v) is 7.73. The van der Waals surface area contributed by atoms with Crippen molar-refractivity contribution in [3.05, 3.63) is 76.2 Å². The first kappa shape index (κ1) is 20.6. The number of carbonyl (C=O) groups excluding carboxylic acids is 2. The van der Waals surface area contributed by atoms with E-state index in [1.165, 1.54) is 13.1 Å². The molecule has 0 radical (unpaired) electrons. The van der Waals surface area contributed by atoms with Gasteiger partial charge in [-0.25, -0.2) is 4.98 Å². The van der Waals surface area contributed by atoms with Gasteiger partial charge in [0.2, 0.25) is 5.91 Å². The van der Waals surface area contributed by atoms with Gasteiger partial charge < -0.3 is 10.2 Å². The Bertz CT molecular complexity index is 1200. The smallest absolute Gasteiger partial charge is 0.276 e. The monoisotopic (exact) mass is 433 g/mol. The summed E-state index contributed by atoms with van der Waals surface area (Å²) in [6, 6.07) is 11.5. The van der Waals surface area contributed by atoms with E-state index in [2.05, 4.69) is 27.2 Å². The van der Waals surface area contributed by atoms with Crippen molar-refractivity contribution in [1.82, 2.24) is 19.7 Å². The molecule has 8 heteroatoms. The molecular weight excluding hydrogens is 414 g/mol. The third kappa shape index (κ3) is 4.44. The average Bonchev–Trinajstić information content (AvgIpc) is 3.08. The van der Waals surface area contributed by atoms with Crippen LogP contribution >= 0.6 is 11.6 Å². The van der Waals surface area contributed by atoms with Crippen molar-refractivity contribution < 1.29 is 9.59 Å². The fourth-order valence-corrected chi connectivity index (χ4v) is 3.52. The van der Waals surface area contributed by atoms with Crippen LogP contribution in [0.2, 0.25) is 5.02 Å². The summed E-state index contributed by atoms with van der Waals surface area (Å²) in [6.07, 6.45) is 3.06. The van der Waals surface area contributed by atoms with Crippen molar-refractivity contribution in [3.8, 4) is 11.8 Å². The molecule has 0 atom stereocenters. The van der Waals surface area contributed by atoms with Crippen molar-refractivity contribution in [2.75, 3.05) is 18.4 Å². The summed E-state index contributed by atoms with van der Waals surface area (Å²) in [5.41, 5.74) is 2.70. The number of benzene rings is 1. The molecule has 0 unspecified atom stereocenters. The van der Waals surface area contributed by atoms with E-state index >= 15 is 0 Å². The second kappa shape index (κ2) is 8.62. The number of amides is 2. The van der Waals surface area contributed by atoms with E-state index in [9.17, 15) is 9.59 Å². The van der Waals surface area contributed by atoms with E-state index in [1.54, 1.807) is 15.8 Å². The van der Waals surface area contributed by atoms with Gasteiger partial charge >= 0.3 is 0 Å². The predicted octanol–water partition coefficient (Wildman–Crippen LogP) is 3.30. The first-order valence-corrected chi connectivity index (χ1v) is 10.1. The van der Waals surface area contributed by atoms with E-state index in [0.29, 0.717) is 18.9 Å². The molecule has 0 spiro atoms. The first-order chi connectivity index (χ1) is 14.9. The van der Waals surface area contributed by atoms with Crippen molar-refractivity contribution in [1.29, 1.82) is 0 Å². The summed E-state index contributed by atoms with van der Waals surface area (Å²) < 4.78 is 1.58. The molecule has 0 aliphatic carbocycles. The fraction of sp³-hybridized carbons (Fsp3) is 0.217. The van der Waals surface area contributed by atoms with Crippen LogP contribution in [0, 0.1) is 18.8 Å². The second-order valence-electron chi connectivity index (χ2n) is 7.32. The van der Waals surface area contributed by atoms with Crippen LogP contribution in [0.15, 0.2) is 48.8 Å². The largest absolute Gasteiger partial charge is 0.339 e. The number of carbonyl (C=O) groups is 2. The quantitative estimate of drug-likeness (QED) is 0.643. The molecule has 2 amide bonds. The molecule has 1 aliphatic heterocycles. The SMILES string of the molecule is CC(=O)N1CC(n2ncc(Cl)c2C(=O)Nc2ncc(C#Cc3ccccc3)cc2C)C1. The number of hydrogen-bond acceptors (Lipinski definition) is 4. The van der Waals surface area contributed by atoms with E-state index in [-0.39, 0.29) is 22.7 Å². The van der Waals surface area contributed by atoms with E-state index in [0.717, 1.165) is 16.7 Å². The Morgan fingerprint density at radius 3 is 2.52 bits per heavy atom. The summed E-state index contributed by atoms with van der Waals surface area (Å²) in [5.74, 6) is 6.19. The van der Waals surface area contributed by atoms with Gasteiger partial charge in [0.1, 0.15) is 11.5 Å². The van der Waals surface area contributed by atoms with Gasteiger partial charge in [0.15, 0.2) is 0 Å². The Kier molecular flexibility index (Phi) is 5.74. The normalized spacial score (nSPS) is 13.2. The average molecular weight is 434 g/mol. The third-order valence-corrected chi connectivity index (χ3v) is 5.33. The molecular formula is C23H20ClN5O2. The summed E-state index contributed by atoms with van der Waals surface area (Å²) in [5, 5.41) is 7.29. The Balaban J connectivity index is 1.49. The molecule has 1 fully saturated rings. The molecule has 1 saturated heterocycles. The number of pyridine rings is 1. The lowest BCUT2D eigenvalue weighted by molar-refractivity contribution is -0.134. The summed E-state index contributed by atoms with van der Waals surface area (Å²) in [4.78, 5) is 30.4. The maximum absolute atomic E-state index is 12.9. The molecule has 31 heavy (non-hydrogen) atoms. The van der Waals surface area contributed by atoms with Gasteiger partial charge in [0.05, 0.1) is 17.3 Å². The maximum Gasteiger partial charge on any atom is 0.276 e. The van der Waals surface area contributed by atoms with Gasteiger partial charge in [-0.05, 0) is 30.7 Å². The van der Waals surface area contributed by atoms with Gasteiger partial charge in [-0.1, -0.05) is 41.6 Å². The van der Waals surface area contributed by atoms with Gasteiger partial charge in [0, 0.05) is 37.3 Å². The van der Waals surface area contributed by atoms with Gasteiger partial charge in [0.25, 0.3) is 5.91 Å². The number of halogens is 1. The molecule has 7 nitrogen and oxygen atoms in total. The van der Waals surface area contributed by atoms with Crippen LogP contribution in [-0.4, -0.2) is 44.6 Å². The Hall–Kier alpha value is -3.63. The molecule has 1 aliphatic rings. The minimum absolute atomic E-state index is 0.00390. The fourth-order valence-electron chi connectivity index (χ4n) is 3.30. The predicted molar refractivity (Wildman–Crippen MR) is 118 cm³/mol. The molecule has 0 bridgehead atoms. The Morgan fingerprint density at radius 1 is 1.13 bits per heavy atom. The lowest BCUT2D eigenvalue weighted by atomic mass is 10.1. The zero-order valence-electron chi connectivity index (χ0n) is 17.1. The number of nitrogens with one attached hydrogen (secondary N) is 1. The standard InChI is InChI=1S/C23H20ClN5O2/c1-15-10-18(9-8-17-6-4-3-5-7-17)11-25-22(15)27-23(31)21-20(24)12-26-29(21)19-13-28(14-19)16(2)30/h3-7,10-12,19H,13-14H2,1-2H3,(H,25,27,31). The maximum atomic E-state index is 12.9. The van der Waals surface area contributed by atoms with E-state index in [4.69, 9.17) is 11.6 Å². The summed E-state index contributed by atoms with van der Waals surface area (Å²) in [6.45, 7) is 4.37. The van der Waals surface area contributed by atoms with Gasteiger partial charge in [-0.15, -0.1) is 0 Å². The van der Waals surface area contributed by atoms with Crippen LogP contribution in [0.5, 0.6) is 0 Å². The number of likely N-dealkylation sites (tertiary alicyclic amines) is 1. The van der Waals surface area contributed by atoms with Crippen LogP contribution in [0.3, 0.4) is 0 Å². The van der Waals surface area contributed by atoms with Crippen molar-refractivity contribution in [2.24, 2.45) is 0 Å². The third-order valence-electron chi connectivity index (χ3n) is 5.05. The Morgan fingerprint density at radius 2 is 1.84 bits per heavy atom. The molecule has 4 rings (SSSR count). The zero-order valence-corrected chi connectivity index (χ0v) is 17.8. The first-order valence-electron chi connectivity index (χ1n) is 9.76. The molecule has 1 aromatic carbocycles. The van der Waals surface area contributed by atoms with Gasteiger partial charge in [-0.3, -0.25) is 14.3 Å². The van der Waals surface area contributed by atoms with Crippen LogP contribution in [0.25, 0.3) is 0 Å². The molecule has 156 valence electrons. The van der Waals surface area contributed by atoms with Crippen molar-refractivity contribution in [2.45, 2.75) is 19.9 Å². The molecule has 2 aromatic heterocycles.